The van der Waals surface area contributed by atoms with Crippen molar-refractivity contribution in [3.8, 4) is 22.5 Å². The van der Waals surface area contributed by atoms with Gasteiger partial charge in [0.05, 0.1) is 47.6 Å². The van der Waals surface area contributed by atoms with Crippen molar-refractivity contribution in [2.75, 3.05) is 6.61 Å². The molecule has 0 aliphatic carbocycles. The summed E-state index contributed by atoms with van der Waals surface area (Å²) in [5, 5.41) is 14.6. The highest BCUT2D eigenvalue weighted by Crippen LogP contribution is 2.35. The minimum absolute atomic E-state index is 0.0467. The Kier molecular flexibility index (Phi) is 7.53. The monoisotopic (exact) mass is 583 g/mol. The van der Waals surface area contributed by atoms with Gasteiger partial charge in [-0.2, -0.15) is 32.1 Å². The standard InChI is InChI=1S/C23H16ClF6N9O/c24-15-2-4-18(38-10-19(35-36-38)23(28,29)30)20(21(15)25)13-1-3-16(32-7-13)17(5-6-40-22(26)27)37-9-14(8-33-37)39-12-31-11-34-39/h1-4,7-12,17,22H,5-6H2/t17-/m1/s1. The maximum Gasteiger partial charge on any atom is 0.436 e. The van der Waals surface area contributed by atoms with Crippen LogP contribution in [0.5, 0.6) is 0 Å². The third kappa shape index (κ3) is 5.67. The van der Waals surface area contributed by atoms with E-state index in [1.54, 1.807) is 6.20 Å². The molecular weight excluding hydrogens is 568 g/mol. The molecule has 0 aliphatic rings. The molecule has 0 amide bonds. The van der Waals surface area contributed by atoms with Gasteiger partial charge in [0.25, 0.3) is 0 Å². The summed E-state index contributed by atoms with van der Waals surface area (Å²) in [5.74, 6) is -0.913. The van der Waals surface area contributed by atoms with Gasteiger partial charge in [0.15, 0.2) is 11.5 Å². The van der Waals surface area contributed by atoms with Crippen LogP contribution >= 0.6 is 11.6 Å². The number of hydrogen-bond acceptors (Lipinski definition) is 7. The Morgan fingerprint density at radius 3 is 2.48 bits per heavy atom. The second-order valence-corrected chi connectivity index (χ2v) is 8.64. The minimum atomic E-state index is -4.75. The van der Waals surface area contributed by atoms with E-state index in [1.165, 1.54) is 58.7 Å². The summed E-state index contributed by atoms with van der Waals surface area (Å²) in [5.41, 5.74) is -0.430. The average Bonchev–Trinajstić information content (AvgIpc) is 3.70. The van der Waals surface area contributed by atoms with Crippen LogP contribution in [0, 0.1) is 5.82 Å². The highest BCUT2D eigenvalue weighted by atomic mass is 35.5. The SMILES string of the molecule is Fc1c(Cl)ccc(-n2cc(C(F)(F)F)nn2)c1-c1ccc([C@@H](CCOC(F)F)n2cc(-n3cncn3)cn2)nc1. The molecule has 0 saturated carbocycles. The quantitative estimate of drug-likeness (QED) is 0.222. The fraction of sp³-hybridized carbons (Fsp3) is 0.217. The van der Waals surface area contributed by atoms with E-state index in [-0.39, 0.29) is 34.9 Å². The molecule has 17 heteroatoms. The van der Waals surface area contributed by atoms with Crippen LogP contribution in [0.15, 0.2) is 61.7 Å². The van der Waals surface area contributed by atoms with E-state index >= 15 is 4.39 Å². The van der Waals surface area contributed by atoms with E-state index in [1.807, 2.05) is 0 Å². The number of nitrogens with zero attached hydrogens (tertiary/aromatic N) is 9. The summed E-state index contributed by atoms with van der Waals surface area (Å²) >= 11 is 5.97. The first-order valence-corrected chi connectivity index (χ1v) is 11.7. The molecule has 0 saturated heterocycles. The summed E-state index contributed by atoms with van der Waals surface area (Å²) in [6, 6.07) is 4.76. The van der Waals surface area contributed by atoms with Crippen LogP contribution in [-0.4, -0.2) is 57.7 Å². The number of pyridine rings is 1. The Morgan fingerprint density at radius 2 is 1.82 bits per heavy atom. The number of rotatable bonds is 9. The Balaban J connectivity index is 1.50. The van der Waals surface area contributed by atoms with Gasteiger partial charge in [-0.05, 0) is 24.6 Å². The number of halogens is 7. The van der Waals surface area contributed by atoms with Gasteiger partial charge in [-0.25, -0.2) is 18.7 Å². The topological polar surface area (TPSA) is 101 Å². The van der Waals surface area contributed by atoms with Crippen molar-refractivity contribution in [3.05, 3.63) is 83.9 Å². The number of aromatic nitrogens is 9. The van der Waals surface area contributed by atoms with Crippen molar-refractivity contribution in [2.45, 2.75) is 25.3 Å². The van der Waals surface area contributed by atoms with Crippen molar-refractivity contribution < 1.29 is 31.1 Å². The van der Waals surface area contributed by atoms with Gasteiger partial charge in [0.1, 0.15) is 18.3 Å². The smallest absolute Gasteiger partial charge is 0.323 e. The van der Waals surface area contributed by atoms with Crippen molar-refractivity contribution in [3.63, 3.8) is 0 Å². The van der Waals surface area contributed by atoms with Crippen LogP contribution in [0.1, 0.15) is 23.9 Å². The maximum atomic E-state index is 15.2. The lowest BCUT2D eigenvalue weighted by atomic mass is 10.0. The molecule has 0 spiro atoms. The molecule has 0 N–H and O–H groups in total. The van der Waals surface area contributed by atoms with Gasteiger partial charge in [-0.3, -0.25) is 9.67 Å². The summed E-state index contributed by atoms with van der Waals surface area (Å²) in [6.45, 7) is -3.30. The van der Waals surface area contributed by atoms with E-state index < -0.39 is 30.3 Å². The first kappa shape index (κ1) is 27.3. The Labute approximate surface area is 225 Å². The Bertz CT molecular complexity index is 1590. The van der Waals surface area contributed by atoms with Gasteiger partial charge in [0, 0.05) is 17.3 Å². The van der Waals surface area contributed by atoms with Gasteiger partial charge >= 0.3 is 12.8 Å². The second kappa shape index (κ2) is 11.1. The minimum Gasteiger partial charge on any atom is -0.323 e. The van der Waals surface area contributed by atoms with Gasteiger partial charge in [-0.1, -0.05) is 22.9 Å². The maximum absolute atomic E-state index is 15.2. The first-order chi connectivity index (χ1) is 19.1. The molecular formula is C23H16ClF6N9O. The van der Waals surface area contributed by atoms with E-state index in [0.717, 1.165) is 4.68 Å². The Morgan fingerprint density at radius 1 is 1.00 bits per heavy atom. The molecule has 40 heavy (non-hydrogen) atoms. The molecule has 0 unspecified atom stereocenters. The molecule has 0 radical (unpaired) electrons. The summed E-state index contributed by atoms with van der Waals surface area (Å²) in [7, 11) is 0. The van der Waals surface area contributed by atoms with E-state index in [0.29, 0.717) is 17.6 Å². The van der Waals surface area contributed by atoms with Gasteiger partial charge < -0.3 is 4.74 Å². The molecule has 208 valence electrons. The van der Waals surface area contributed by atoms with E-state index in [2.05, 4.69) is 35.2 Å². The largest absolute Gasteiger partial charge is 0.436 e. The second-order valence-electron chi connectivity index (χ2n) is 8.23. The average molecular weight is 584 g/mol. The predicted molar refractivity (Wildman–Crippen MR) is 126 cm³/mol. The molecule has 0 bridgehead atoms. The molecule has 1 atom stereocenters. The molecule has 0 aliphatic heterocycles. The lowest BCUT2D eigenvalue weighted by molar-refractivity contribution is -0.141. The Hall–Kier alpha value is -4.31. The van der Waals surface area contributed by atoms with Crippen LogP contribution in [0.3, 0.4) is 0 Å². The fourth-order valence-corrected chi connectivity index (χ4v) is 4.07. The number of alkyl halides is 5. The highest BCUT2D eigenvalue weighted by Gasteiger charge is 2.35. The summed E-state index contributed by atoms with van der Waals surface area (Å²) < 4.78 is 87.8. The van der Waals surface area contributed by atoms with Gasteiger partial charge in [0.2, 0.25) is 0 Å². The molecule has 4 aromatic heterocycles. The zero-order chi connectivity index (χ0) is 28.4. The molecule has 5 aromatic rings. The van der Waals surface area contributed by atoms with Crippen LogP contribution in [0.2, 0.25) is 5.02 Å². The number of ether oxygens (including phenoxy) is 1. The van der Waals surface area contributed by atoms with Gasteiger partial charge in [-0.15, -0.1) is 5.10 Å². The normalized spacial score (nSPS) is 12.8. The van der Waals surface area contributed by atoms with Crippen molar-refractivity contribution in [1.29, 1.82) is 0 Å². The molecule has 1 aromatic carbocycles. The predicted octanol–water partition coefficient (Wildman–Crippen LogP) is 5.14. The lowest BCUT2D eigenvalue weighted by Gasteiger charge is -2.18. The van der Waals surface area contributed by atoms with Crippen LogP contribution in [0.4, 0.5) is 26.3 Å². The molecule has 4 heterocycles. The third-order valence-electron chi connectivity index (χ3n) is 5.75. The molecule has 10 nitrogen and oxygen atoms in total. The number of hydrogen-bond donors (Lipinski definition) is 0. The van der Waals surface area contributed by atoms with Crippen molar-refractivity contribution >= 4 is 11.6 Å². The van der Waals surface area contributed by atoms with Crippen molar-refractivity contribution in [2.24, 2.45) is 0 Å². The molecule has 0 fully saturated rings. The zero-order valence-electron chi connectivity index (χ0n) is 19.9. The third-order valence-corrected chi connectivity index (χ3v) is 6.04. The highest BCUT2D eigenvalue weighted by molar-refractivity contribution is 6.31. The first-order valence-electron chi connectivity index (χ1n) is 11.3. The lowest BCUT2D eigenvalue weighted by Crippen LogP contribution is -2.16. The van der Waals surface area contributed by atoms with Crippen molar-refractivity contribution in [1.82, 2.24) is 44.5 Å². The van der Waals surface area contributed by atoms with E-state index in [9.17, 15) is 22.0 Å². The fourth-order valence-electron chi connectivity index (χ4n) is 3.91. The summed E-state index contributed by atoms with van der Waals surface area (Å²) in [4.78, 5) is 8.25. The zero-order valence-corrected chi connectivity index (χ0v) is 20.7. The van der Waals surface area contributed by atoms with Crippen LogP contribution < -0.4 is 0 Å². The summed E-state index contributed by atoms with van der Waals surface area (Å²) in [6.07, 6.45) is 3.07. The van der Waals surface area contributed by atoms with Crippen LogP contribution in [-0.2, 0) is 10.9 Å². The number of benzene rings is 1. The van der Waals surface area contributed by atoms with E-state index in [4.69, 9.17) is 11.6 Å². The van der Waals surface area contributed by atoms with Crippen LogP contribution in [0.25, 0.3) is 22.5 Å². The molecule has 5 rings (SSSR count).